The van der Waals surface area contributed by atoms with Gasteiger partial charge in [0.15, 0.2) is 0 Å². The van der Waals surface area contributed by atoms with Gasteiger partial charge in [-0.25, -0.2) is 0 Å². The van der Waals surface area contributed by atoms with Gasteiger partial charge in [0.05, 0.1) is 18.0 Å². The van der Waals surface area contributed by atoms with Crippen LogP contribution in [0.2, 0.25) is 0 Å². The molecule has 0 spiro atoms. The molecule has 2 rings (SSSR count). The Morgan fingerprint density at radius 2 is 2.17 bits per heavy atom. The van der Waals surface area contributed by atoms with Gasteiger partial charge in [-0.05, 0) is 32.4 Å². The highest BCUT2D eigenvalue weighted by atomic mass is 16.6. The molecule has 66 valence electrons. The molecular formula is C10H14O2. The van der Waals surface area contributed by atoms with Crippen LogP contribution < -0.4 is 0 Å². The molecule has 1 saturated heterocycles. The van der Waals surface area contributed by atoms with Gasteiger partial charge < -0.3 is 9.15 Å². The minimum atomic E-state index is 0.0687. The predicted molar refractivity (Wildman–Crippen MR) is 46.1 cm³/mol. The van der Waals surface area contributed by atoms with Crippen molar-refractivity contribution in [1.82, 2.24) is 0 Å². The lowest BCUT2D eigenvalue weighted by molar-refractivity contribution is 0.319. The summed E-state index contributed by atoms with van der Waals surface area (Å²) in [6.07, 6.45) is 2.99. The van der Waals surface area contributed by atoms with Crippen molar-refractivity contribution in [3.63, 3.8) is 0 Å². The third-order valence-electron chi connectivity index (χ3n) is 2.50. The van der Waals surface area contributed by atoms with E-state index >= 15 is 0 Å². The van der Waals surface area contributed by atoms with E-state index in [0.29, 0.717) is 6.10 Å². The van der Waals surface area contributed by atoms with Crippen LogP contribution in [-0.2, 0) is 11.2 Å². The molecule has 2 nitrogen and oxygen atoms in total. The van der Waals surface area contributed by atoms with Gasteiger partial charge in [0.25, 0.3) is 0 Å². The maximum absolute atomic E-state index is 5.47. The maximum Gasteiger partial charge on any atom is 0.109 e. The fourth-order valence-corrected chi connectivity index (χ4v) is 1.40. The number of epoxide rings is 1. The number of hydrogen-bond acceptors (Lipinski definition) is 2. The van der Waals surface area contributed by atoms with Crippen LogP contribution in [0.25, 0.3) is 0 Å². The van der Waals surface area contributed by atoms with E-state index in [0.717, 1.165) is 12.2 Å². The molecule has 12 heavy (non-hydrogen) atoms. The molecule has 1 fully saturated rings. The highest BCUT2D eigenvalue weighted by Gasteiger charge is 2.48. The lowest BCUT2D eigenvalue weighted by Gasteiger charge is -1.95. The van der Waals surface area contributed by atoms with E-state index in [4.69, 9.17) is 9.15 Å². The number of rotatable bonds is 2. The average Bonchev–Trinajstić information content (AvgIpc) is 2.39. The average molecular weight is 166 g/mol. The molecule has 1 aromatic rings. The second-order valence-electron chi connectivity index (χ2n) is 3.94. The number of aryl methyl sites for hydroxylation is 1. The highest BCUT2D eigenvalue weighted by Crippen LogP contribution is 2.37. The summed E-state index contributed by atoms with van der Waals surface area (Å²) in [6.45, 7) is 6.28. The Hall–Kier alpha value is -0.760. The van der Waals surface area contributed by atoms with Crippen molar-refractivity contribution in [1.29, 1.82) is 0 Å². The minimum Gasteiger partial charge on any atom is -0.469 e. The van der Waals surface area contributed by atoms with Gasteiger partial charge >= 0.3 is 0 Å². The smallest absolute Gasteiger partial charge is 0.109 e. The molecular weight excluding hydrogens is 152 g/mol. The number of furan rings is 1. The van der Waals surface area contributed by atoms with Crippen molar-refractivity contribution in [2.24, 2.45) is 0 Å². The van der Waals surface area contributed by atoms with E-state index in [1.54, 1.807) is 6.26 Å². The first-order valence-corrected chi connectivity index (χ1v) is 4.30. The molecule has 0 radical (unpaired) electrons. The van der Waals surface area contributed by atoms with Crippen LogP contribution in [0.3, 0.4) is 0 Å². The zero-order chi connectivity index (χ0) is 8.77. The van der Waals surface area contributed by atoms with Crippen LogP contribution in [0.15, 0.2) is 16.7 Å². The molecule has 1 aromatic heterocycles. The molecule has 1 aliphatic heterocycles. The molecule has 1 atom stereocenters. The number of ether oxygens (including phenoxy) is 1. The molecule has 0 aliphatic carbocycles. The first-order valence-electron chi connectivity index (χ1n) is 4.30. The molecule has 0 N–H and O–H groups in total. The third-order valence-corrected chi connectivity index (χ3v) is 2.50. The van der Waals surface area contributed by atoms with Crippen LogP contribution in [0.1, 0.15) is 25.2 Å². The Labute approximate surface area is 72.5 Å². The second kappa shape index (κ2) is 2.36. The molecule has 1 aliphatic rings. The SMILES string of the molecule is Cc1ccoc1C[C@H]1OC1(C)C. The van der Waals surface area contributed by atoms with Crippen molar-refractivity contribution in [2.75, 3.05) is 0 Å². The third kappa shape index (κ3) is 1.27. The molecule has 0 amide bonds. The summed E-state index contributed by atoms with van der Waals surface area (Å²) in [7, 11) is 0. The fourth-order valence-electron chi connectivity index (χ4n) is 1.40. The van der Waals surface area contributed by atoms with Gasteiger partial charge in [-0.1, -0.05) is 0 Å². The highest BCUT2D eigenvalue weighted by molar-refractivity contribution is 5.17. The zero-order valence-corrected chi connectivity index (χ0v) is 7.76. The van der Waals surface area contributed by atoms with Crippen molar-refractivity contribution >= 4 is 0 Å². The zero-order valence-electron chi connectivity index (χ0n) is 7.76. The van der Waals surface area contributed by atoms with Crippen LogP contribution >= 0.6 is 0 Å². The van der Waals surface area contributed by atoms with Gasteiger partial charge in [-0.3, -0.25) is 0 Å². The summed E-state index contributed by atoms with van der Waals surface area (Å²) in [5.41, 5.74) is 1.29. The lowest BCUT2D eigenvalue weighted by Crippen LogP contribution is -2.05. The molecule has 2 heteroatoms. The number of hydrogen-bond donors (Lipinski definition) is 0. The predicted octanol–water partition coefficient (Wildman–Crippen LogP) is 2.31. The van der Waals surface area contributed by atoms with E-state index in [2.05, 4.69) is 20.8 Å². The summed E-state index contributed by atoms with van der Waals surface area (Å²) < 4.78 is 10.8. The molecule has 0 aromatic carbocycles. The molecule has 2 heterocycles. The van der Waals surface area contributed by atoms with Gasteiger partial charge in [0, 0.05) is 6.42 Å². The van der Waals surface area contributed by atoms with Gasteiger partial charge in [0.2, 0.25) is 0 Å². The Morgan fingerprint density at radius 3 is 2.58 bits per heavy atom. The Morgan fingerprint density at radius 1 is 1.50 bits per heavy atom. The first kappa shape index (κ1) is 7.87. The van der Waals surface area contributed by atoms with Gasteiger partial charge in [0.1, 0.15) is 5.76 Å². The van der Waals surface area contributed by atoms with E-state index in [-0.39, 0.29) is 5.60 Å². The minimum absolute atomic E-state index is 0.0687. The van der Waals surface area contributed by atoms with E-state index in [1.165, 1.54) is 5.56 Å². The van der Waals surface area contributed by atoms with Crippen molar-refractivity contribution in [3.8, 4) is 0 Å². The summed E-state index contributed by atoms with van der Waals surface area (Å²) in [5, 5.41) is 0. The summed E-state index contributed by atoms with van der Waals surface area (Å²) in [6, 6.07) is 1.99. The van der Waals surface area contributed by atoms with Crippen molar-refractivity contribution < 1.29 is 9.15 Å². The molecule has 0 unspecified atom stereocenters. The van der Waals surface area contributed by atoms with Gasteiger partial charge in [-0.2, -0.15) is 0 Å². The van der Waals surface area contributed by atoms with Crippen LogP contribution in [0, 0.1) is 6.92 Å². The lowest BCUT2D eigenvalue weighted by atomic mass is 10.1. The molecule has 0 bridgehead atoms. The monoisotopic (exact) mass is 166 g/mol. The van der Waals surface area contributed by atoms with E-state index in [9.17, 15) is 0 Å². The van der Waals surface area contributed by atoms with E-state index < -0.39 is 0 Å². The summed E-state index contributed by atoms with van der Waals surface area (Å²) >= 11 is 0. The normalized spacial score (nSPS) is 25.8. The van der Waals surface area contributed by atoms with Crippen LogP contribution in [0.5, 0.6) is 0 Å². The molecule has 0 saturated carbocycles. The van der Waals surface area contributed by atoms with Gasteiger partial charge in [-0.15, -0.1) is 0 Å². The van der Waals surface area contributed by atoms with E-state index in [1.807, 2.05) is 6.07 Å². The Kier molecular flexibility index (Phi) is 1.55. The quantitative estimate of drug-likeness (QED) is 0.630. The Bertz CT molecular complexity index is 286. The van der Waals surface area contributed by atoms with Crippen LogP contribution in [-0.4, -0.2) is 11.7 Å². The fraction of sp³-hybridized carbons (Fsp3) is 0.600. The standard InChI is InChI=1S/C10H14O2/c1-7-4-5-11-8(7)6-9-10(2,3)12-9/h4-5,9H,6H2,1-3H3/t9-/m1/s1. The topological polar surface area (TPSA) is 25.7 Å². The summed E-state index contributed by atoms with van der Waals surface area (Å²) in [4.78, 5) is 0. The van der Waals surface area contributed by atoms with Crippen molar-refractivity contribution in [3.05, 3.63) is 23.7 Å². The maximum atomic E-state index is 5.47. The second-order valence-corrected chi connectivity index (χ2v) is 3.94. The first-order chi connectivity index (χ1) is 5.59. The van der Waals surface area contributed by atoms with Crippen LogP contribution in [0.4, 0.5) is 0 Å². The largest absolute Gasteiger partial charge is 0.469 e. The Balaban J connectivity index is 2.02. The van der Waals surface area contributed by atoms with Crippen molar-refractivity contribution in [2.45, 2.75) is 38.9 Å². The summed E-state index contributed by atoms with van der Waals surface area (Å²) in [5.74, 6) is 1.06.